The Morgan fingerprint density at radius 1 is 1.00 bits per heavy atom. The van der Waals surface area contributed by atoms with Crippen LogP contribution in [0.1, 0.15) is 87.5 Å². The Kier molecular flexibility index (Phi) is 4.15. The highest BCUT2D eigenvalue weighted by molar-refractivity contribution is 5.63. The number of benzene rings is 2. The van der Waals surface area contributed by atoms with Crippen LogP contribution >= 0.6 is 0 Å². The molecule has 0 radical (unpaired) electrons. The second-order valence-electron chi connectivity index (χ2n) is 12.0. The molecule has 6 atom stereocenters. The Morgan fingerprint density at radius 2 is 1.84 bits per heavy atom. The van der Waals surface area contributed by atoms with Gasteiger partial charge in [0.25, 0.3) is 0 Å². The molecule has 2 nitrogen and oxygen atoms in total. The third kappa shape index (κ3) is 2.76. The molecule has 6 rings (SSSR count). The number of hydrogen-bond donors (Lipinski definition) is 1. The van der Waals surface area contributed by atoms with E-state index in [1.54, 1.807) is 23.8 Å². The molecule has 0 bridgehead atoms. The van der Waals surface area contributed by atoms with Gasteiger partial charge < -0.3 is 10.1 Å². The SMILES string of the molecule is COc1ccc2c(c1)CC[C@H]1[C@@H]2CC[C@]2(C)[C@@H]3Nc4ccc(C(C)(C)C)cc4[C@@H]3C[C@@H]12. The summed E-state index contributed by atoms with van der Waals surface area (Å²) in [6, 6.07) is 14.7. The van der Waals surface area contributed by atoms with E-state index in [9.17, 15) is 0 Å². The minimum Gasteiger partial charge on any atom is -0.497 e. The molecular formula is C29H37NO. The first kappa shape index (κ1) is 19.7. The Hall–Kier alpha value is -1.96. The van der Waals surface area contributed by atoms with E-state index in [1.807, 2.05) is 0 Å². The number of hydrogen-bond acceptors (Lipinski definition) is 2. The van der Waals surface area contributed by atoms with Crippen molar-refractivity contribution in [3.63, 3.8) is 0 Å². The fourth-order valence-electron chi connectivity index (χ4n) is 7.94. The number of aryl methyl sites for hydroxylation is 1. The minimum atomic E-state index is 0.210. The third-order valence-corrected chi connectivity index (χ3v) is 9.62. The zero-order valence-corrected chi connectivity index (χ0v) is 19.8. The molecule has 164 valence electrons. The average molecular weight is 416 g/mol. The van der Waals surface area contributed by atoms with Crippen molar-refractivity contribution in [2.45, 2.75) is 83.1 Å². The summed E-state index contributed by atoms with van der Waals surface area (Å²) in [5, 5.41) is 4.03. The topological polar surface area (TPSA) is 21.3 Å². The highest BCUT2D eigenvalue weighted by Crippen LogP contribution is 2.66. The number of rotatable bonds is 1. The van der Waals surface area contributed by atoms with Gasteiger partial charge in [0.05, 0.1) is 7.11 Å². The number of nitrogens with one attached hydrogen (secondary N) is 1. The van der Waals surface area contributed by atoms with Gasteiger partial charge in [-0.05, 0) is 101 Å². The van der Waals surface area contributed by atoms with Gasteiger partial charge in [0.2, 0.25) is 0 Å². The molecule has 3 aliphatic carbocycles. The van der Waals surface area contributed by atoms with Crippen LogP contribution in [-0.4, -0.2) is 13.2 Å². The molecule has 0 amide bonds. The standard InChI is InChI=1S/C29H37NO/c1-28(2,3)18-7-11-26-23(15-18)24-16-25-22-9-6-17-14-19(31-5)8-10-20(17)21(22)12-13-29(25,4)27(24)30-26/h7-8,10-11,14-15,21-22,24-25,27,30H,6,9,12-13,16H2,1-5H3/t21-,22+,24+,25+,27-,29+/m1/s1. The lowest BCUT2D eigenvalue weighted by Gasteiger charge is -2.51. The fourth-order valence-corrected chi connectivity index (χ4v) is 7.94. The lowest BCUT2D eigenvalue weighted by atomic mass is 9.55. The van der Waals surface area contributed by atoms with Gasteiger partial charge in [-0.25, -0.2) is 0 Å². The van der Waals surface area contributed by atoms with E-state index in [4.69, 9.17) is 4.74 Å². The van der Waals surface area contributed by atoms with E-state index < -0.39 is 0 Å². The molecule has 0 saturated heterocycles. The van der Waals surface area contributed by atoms with Crippen molar-refractivity contribution in [2.24, 2.45) is 17.3 Å². The molecule has 1 N–H and O–H groups in total. The molecule has 0 unspecified atom stereocenters. The lowest BCUT2D eigenvalue weighted by Crippen LogP contribution is -2.46. The van der Waals surface area contributed by atoms with Gasteiger partial charge in [0.1, 0.15) is 5.75 Å². The Balaban J connectivity index is 1.34. The van der Waals surface area contributed by atoms with Gasteiger partial charge in [0, 0.05) is 17.6 Å². The van der Waals surface area contributed by atoms with Gasteiger partial charge in [-0.2, -0.15) is 0 Å². The molecular weight excluding hydrogens is 378 g/mol. The van der Waals surface area contributed by atoms with Crippen LogP contribution in [0, 0.1) is 17.3 Å². The summed E-state index contributed by atoms with van der Waals surface area (Å²) in [5.74, 6) is 4.11. The first-order chi connectivity index (χ1) is 14.8. The van der Waals surface area contributed by atoms with Gasteiger partial charge >= 0.3 is 0 Å². The average Bonchev–Trinajstić information content (AvgIpc) is 3.26. The predicted molar refractivity (Wildman–Crippen MR) is 128 cm³/mol. The Bertz CT molecular complexity index is 1030. The quantitative estimate of drug-likeness (QED) is 0.539. The number of anilines is 1. The van der Waals surface area contributed by atoms with Crippen LogP contribution in [0.3, 0.4) is 0 Å². The monoisotopic (exact) mass is 415 g/mol. The largest absolute Gasteiger partial charge is 0.497 e. The van der Waals surface area contributed by atoms with Crippen molar-refractivity contribution in [1.29, 1.82) is 0 Å². The van der Waals surface area contributed by atoms with E-state index in [2.05, 4.69) is 69.4 Å². The van der Waals surface area contributed by atoms with Crippen LogP contribution in [0.2, 0.25) is 0 Å². The Morgan fingerprint density at radius 3 is 2.61 bits per heavy atom. The molecule has 4 aliphatic rings. The zero-order chi connectivity index (χ0) is 21.5. The van der Waals surface area contributed by atoms with Crippen molar-refractivity contribution in [3.8, 4) is 5.75 Å². The maximum atomic E-state index is 5.51. The van der Waals surface area contributed by atoms with Crippen molar-refractivity contribution >= 4 is 5.69 Å². The molecule has 2 heteroatoms. The number of methoxy groups -OCH3 is 1. The zero-order valence-electron chi connectivity index (χ0n) is 19.8. The summed E-state index contributed by atoms with van der Waals surface area (Å²) < 4.78 is 5.51. The predicted octanol–water partition coefficient (Wildman–Crippen LogP) is 7.04. The highest BCUT2D eigenvalue weighted by Gasteiger charge is 2.60. The molecule has 0 spiro atoms. The van der Waals surface area contributed by atoms with Gasteiger partial charge in [0.15, 0.2) is 0 Å². The summed E-state index contributed by atoms with van der Waals surface area (Å²) in [4.78, 5) is 0. The van der Waals surface area contributed by atoms with Gasteiger partial charge in [-0.3, -0.25) is 0 Å². The first-order valence-electron chi connectivity index (χ1n) is 12.4. The molecule has 2 aromatic rings. The second kappa shape index (κ2) is 6.53. The van der Waals surface area contributed by atoms with Gasteiger partial charge in [-0.1, -0.05) is 45.9 Å². The van der Waals surface area contributed by atoms with Crippen molar-refractivity contribution in [2.75, 3.05) is 12.4 Å². The van der Waals surface area contributed by atoms with E-state index in [1.165, 1.54) is 43.4 Å². The van der Waals surface area contributed by atoms with Crippen molar-refractivity contribution in [1.82, 2.24) is 0 Å². The molecule has 1 aliphatic heterocycles. The summed E-state index contributed by atoms with van der Waals surface area (Å²) >= 11 is 0. The van der Waals surface area contributed by atoms with Crippen LogP contribution < -0.4 is 10.1 Å². The van der Waals surface area contributed by atoms with Crippen LogP contribution in [0.15, 0.2) is 36.4 Å². The first-order valence-corrected chi connectivity index (χ1v) is 12.4. The van der Waals surface area contributed by atoms with Crippen molar-refractivity contribution < 1.29 is 4.74 Å². The smallest absolute Gasteiger partial charge is 0.119 e. The number of ether oxygens (including phenoxy) is 1. The maximum Gasteiger partial charge on any atom is 0.119 e. The molecule has 2 aromatic carbocycles. The molecule has 2 fully saturated rings. The fraction of sp³-hybridized carbons (Fsp3) is 0.586. The lowest BCUT2D eigenvalue weighted by molar-refractivity contribution is 0.0536. The molecule has 0 aromatic heterocycles. The second-order valence-corrected chi connectivity index (χ2v) is 12.0. The van der Waals surface area contributed by atoms with Crippen LogP contribution in [0.4, 0.5) is 5.69 Å². The normalized spacial score (nSPS) is 35.3. The highest BCUT2D eigenvalue weighted by atomic mass is 16.5. The number of fused-ring (bicyclic) bond motifs is 9. The molecule has 31 heavy (non-hydrogen) atoms. The van der Waals surface area contributed by atoms with Gasteiger partial charge in [-0.15, -0.1) is 0 Å². The van der Waals surface area contributed by atoms with Crippen LogP contribution in [0.5, 0.6) is 5.75 Å². The van der Waals surface area contributed by atoms with Crippen LogP contribution in [-0.2, 0) is 11.8 Å². The van der Waals surface area contributed by atoms with E-state index in [-0.39, 0.29) is 5.41 Å². The summed E-state index contributed by atoms with van der Waals surface area (Å²) in [5.41, 5.74) is 8.28. The summed E-state index contributed by atoms with van der Waals surface area (Å²) in [6.45, 7) is 9.63. The minimum absolute atomic E-state index is 0.210. The van der Waals surface area contributed by atoms with E-state index in [0.29, 0.717) is 17.4 Å². The third-order valence-electron chi connectivity index (χ3n) is 9.62. The van der Waals surface area contributed by atoms with Crippen molar-refractivity contribution in [3.05, 3.63) is 58.7 Å². The van der Waals surface area contributed by atoms with E-state index >= 15 is 0 Å². The van der Waals surface area contributed by atoms with Crippen LogP contribution in [0.25, 0.3) is 0 Å². The maximum absolute atomic E-state index is 5.51. The summed E-state index contributed by atoms with van der Waals surface area (Å²) in [6.07, 6.45) is 6.61. The molecule has 2 saturated carbocycles. The molecule has 1 heterocycles. The Labute approximate surface area is 187 Å². The summed E-state index contributed by atoms with van der Waals surface area (Å²) in [7, 11) is 1.78. The van der Waals surface area contributed by atoms with E-state index in [0.717, 1.165) is 23.5 Å².